The number of alkyl halides is 3. The number of likely N-dealkylation sites (tertiary alicyclic amines) is 1. The number of hydrogen-bond acceptors (Lipinski definition) is 5. The number of carbonyl (C=O) groups is 1. The van der Waals surface area contributed by atoms with E-state index in [4.69, 9.17) is 0 Å². The minimum atomic E-state index is -4.44. The normalized spacial score (nSPS) is 21.0. The molecule has 8 nitrogen and oxygen atoms in total. The summed E-state index contributed by atoms with van der Waals surface area (Å²) in [6.45, 7) is 2.36. The monoisotopic (exact) mass is 579 g/mol. The summed E-state index contributed by atoms with van der Waals surface area (Å²) in [5.74, 6) is 0.0829. The lowest BCUT2D eigenvalue weighted by molar-refractivity contribution is -0.141. The second kappa shape index (κ2) is 11.0. The Kier molecular flexibility index (Phi) is 7.40. The molecule has 0 unspecified atom stereocenters. The summed E-state index contributed by atoms with van der Waals surface area (Å²) in [5, 5.41) is 15.1. The summed E-state index contributed by atoms with van der Waals surface area (Å²) < 4.78 is 41.8. The molecule has 11 heteroatoms. The molecule has 4 heterocycles. The molecule has 2 aliphatic heterocycles. The lowest BCUT2D eigenvalue weighted by Gasteiger charge is -2.41. The van der Waals surface area contributed by atoms with Crippen LogP contribution in [0.25, 0.3) is 16.7 Å². The van der Waals surface area contributed by atoms with Crippen LogP contribution >= 0.6 is 0 Å². The van der Waals surface area contributed by atoms with Crippen LogP contribution in [0.3, 0.4) is 0 Å². The molecule has 1 amide bonds. The smallest absolute Gasteiger partial charge is 0.388 e. The number of nitrogens with zero attached hydrogens (tertiary/aromatic N) is 4. The van der Waals surface area contributed by atoms with Gasteiger partial charge in [-0.25, -0.2) is 4.98 Å². The summed E-state index contributed by atoms with van der Waals surface area (Å²) in [6, 6.07) is 16.3. The van der Waals surface area contributed by atoms with E-state index < -0.39 is 17.3 Å². The maximum absolute atomic E-state index is 13.6. The van der Waals surface area contributed by atoms with Gasteiger partial charge in [-0.05, 0) is 61.7 Å². The van der Waals surface area contributed by atoms with Gasteiger partial charge in [-0.2, -0.15) is 13.2 Å². The average Bonchev–Trinajstić information content (AvgIpc) is 3.44. The van der Waals surface area contributed by atoms with Crippen LogP contribution in [-0.2, 0) is 17.5 Å². The number of amides is 1. The number of halogens is 3. The first-order valence-electron chi connectivity index (χ1n) is 14.1. The van der Waals surface area contributed by atoms with Crippen molar-refractivity contribution in [3.05, 3.63) is 94.7 Å². The Balaban J connectivity index is 1.14. The number of piperidine rings is 2. The molecule has 0 spiro atoms. The molecule has 0 bridgehead atoms. The summed E-state index contributed by atoms with van der Waals surface area (Å²) in [5.41, 5.74) is -0.381. The van der Waals surface area contributed by atoms with Crippen molar-refractivity contribution in [3.8, 4) is 5.69 Å². The second-order valence-corrected chi connectivity index (χ2v) is 11.3. The zero-order chi connectivity index (χ0) is 29.5. The highest BCUT2D eigenvalue weighted by molar-refractivity contribution is 5.80. The number of nitrogens with one attached hydrogen (secondary N) is 1. The molecule has 6 rings (SSSR count). The lowest BCUT2D eigenvalue weighted by atomic mass is 9.80. The van der Waals surface area contributed by atoms with Crippen LogP contribution < -0.4 is 10.9 Å². The Morgan fingerprint density at radius 3 is 2.45 bits per heavy atom. The zero-order valence-corrected chi connectivity index (χ0v) is 22.9. The van der Waals surface area contributed by atoms with Crippen LogP contribution in [0.4, 0.5) is 13.2 Å². The van der Waals surface area contributed by atoms with Gasteiger partial charge < -0.3 is 19.9 Å². The Morgan fingerprint density at radius 2 is 1.76 bits per heavy atom. The van der Waals surface area contributed by atoms with E-state index in [1.807, 2.05) is 23.1 Å². The Hall–Kier alpha value is -3.96. The van der Waals surface area contributed by atoms with E-state index in [0.717, 1.165) is 37.2 Å². The first kappa shape index (κ1) is 28.2. The molecule has 0 saturated carbocycles. The van der Waals surface area contributed by atoms with Gasteiger partial charge >= 0.3 is 6.18 Å². The Labute approximate surface area is 240 Å². The van der Waals surface area contributed by atoms with Crippen molar-refractivity contribution in [2.24, 2.45) is 5.92 Å². The number of hydrogen-bond donors (Lipinski definition) is 2. The third-order valence-corrected chi connectivity index (χ3v) is 8.64. The molecule has 2 aromatic heterocycles. The highest BCUT2D eigenvalue weighted by Gasteiger charge is 2.39. The van der Waals surface area contributed by atoms with Crippen LogP contribution in [0.5, 0.6) is 0 Å². The molecule has 0 aliphatic carbocycles. The van der Waals surface area contributed by atoms with Crippen molar-refractivity contribution < 1.29 is 23.1 Å². The number of aromatic nitrogens is 3. The molecule has 42 heavy (non-hydrogen) atoms. The van der Waals surface area contributed by atoms with Gasteiger partial charge in [0.1, 0.15) is 6.33 Å². The van der Waals surface area contributed by atoms with Gasteiger partial charge in [-0.15, -0.1) is 0 Å². The maximum atomic E-state index is 13.6. The molecule has 2 saturated heterocycles. The van der Waals surface area contributed by atoms with Crippen molar-refractivity contribution in [1.82, 2.24) is 24.3 Å². The van der Waals surface area contributed by atoms with Crippen molar-refractivity contribution >= 4 is 16.9 Å². The van der Waals surface area contributed by atoms with E-state index in [1.165, 1.54) is 23.0 Å². The standard InChI is InChI=1S/C31H32F3N5O3/c32-31(33,34)22-6-8-23(9-7-22)39-15-11-25-27(39)36-20-38(29(25)41)19-30(42)12-16-37(17-13-30)28(40)24-10-14-35-18-26(24)21-4-2-1-3-5-21/h1-9,11,15,20,24,26,35,42H,10,12-14,16-19H2/t24-,26+/m1/s1. The summed E-state index contributed by atoms with van der Waals surface area (Å²) >= 11 is 0. The Bertz CT molecular complexity index is 1620. The van der Waals surface area contributed by atoms with Crippen LogP contribution in [0, 0.1) is 5.92 Å². The molecule has 2 atom stereocenters. The van der Waals surface area contributed by atoms with E-state index in [0.29, 0.717) is 42.7 Å². The predicted molar refractivity (Wildman–Crippen MR) is 151 cm³/mol. The summed E-state index contributed by atoms with van der Waals surface area (Å²) in [4.78, 5) is 33.1. The third-order valence-electron chi connectivity index (χ3n) is 8.64. The van der Waals surface area contributed by atoms with Crippen molar-refractivity contribution in [1.29, 1.82) is 0 Å². The van der Waals surface area contributed by atoms with Gasteiger partial charge in [-0.1, -0.05) is 30.3 Å². The van der Waals surface area contributed by atoms with E-state index in [9.17, 15) is 27.9 Å². The SMILES string of the molecule is O=C([C@@H]1CCNC[C@H]1c1ccccc1)N1CCC(O)(Cn2cnc3c(ccn3-c3ccc(C(F)(F)F)cc3)c2=O)CC1. The predicted octanol–water partition coefficient (Wildman–Crippen LogP) is 3.95. The molecular weight excluding hydrogens is 547 g/mol. The van der Waals surface area contributed by atoms with E-state index >= 15 is 0 Å². The van der Waals surface area contributed by atoms with Crippen LogP contribution in [0.2, 0.25) is 0 Å². The lowest BCUT2D eigenvalue weighted by Crippen LogP contribution is -2.52. The molecule has 220 valence electrons. The molecular formula is C31H32F3N5O3. The van der Waals surface area contributed by atoms with Gasteiger partial charge in [-0.3, -0.25) is 14.2 Å². The highest BCUT2D eigenvalue weighted by Crippen LogP contribution is 2.33. The molecule has 2 aromatic carbocycles. The largest absolute Gasteiger partial charge is 0.416 e. The molecule has 2 N–H and O–H groups in total. The minimum Gasteiger partial charge on any atom is -0.388 e. The summed E-state index contributed by atoms with van der Waals surface area (Å²) in [7, 11) is 0. The first-order chi connectivity index (χ1) is 20.1. The van der Waals surface area contributed by atoms with E-state index in [-0.39, 0.29) is 29.8 Å². The van der Waals surface area contributed by atoms with Crippen LogP contribution in [0.1, 0.15) is 36.3 Å². The van der Waals surface area contributed by atoms with Crippen molar-refractivity contribution in [3.63, 3.8) is 0 Å². The Morgan fingerprint density at radius 1 is 1.05 bits per heavy atom. The van der Waals surface area contributed by atoms with Gasteiger partial charge in [0.15, 0.2) is 5.65 Å². The van der Waals surface area contributed by atoms with Gasteiger partial charge in [0.05, 0.1) is 23.1 Å². The van der Waals surface area contributed by atoms with Gasteiger partial charge in [0, 0.05) is 43.4 Å². The first-order valence-corrected chi connectivity index (χ1v) is 14.1. The third kappa shape index (κ3) is 5.46. The quantitative estimate of drug-likeness (QED) is 0.374. The fraction of sp³-hybridized carbons (Fsp3) is 0.387. The number of rotatable bonds is 5. The highest BCUT2D eigenvalue weighted by atomic mass is 19.4. The van der Waals surface area contributed by atoms with Crippen LogP contribution in [-0.4, -0.2) is 61.8 Å². The topological polar surface area (TPSA) is 92.4 Å². The number of fused-ring (bicyclic) bond motifs is 1. The zero-order valence-electron chi connectivity index (χ0n) is 22.9. The second-order valence-electron chi connectivity index (χ2n) is 11.3. The number of aliphatic hydroxyl groups is 1. The number of benzene rings is 2. The van der Waals surface area contributed by atoms with Gasteiger partial charge in [0.25, 0.3) is 5.56 Å². The van der Waals surface area contributed by atoms with Crippen molar-refractivity contribution in [2.45, 2.75) is 43.5 Å². The fourth-order valence-corrected chi connectivity index (χ4v) is 6.24. The fourth-order valence-electron chi connectivity index (χ4n) is 6.24. The van der Waals surface area contributed by atoms with E-state index in [1.54, 1.807) is 16.8 Å². The number of carbonyl (C=O) groups excluding carboxylic acids is 1. The van der Waals surface area contributed by atoms with E-state index in [2.05, 4.69) is 22.4 Å². The average molecular weight is 580 g/mol. The maximum Gasteiger partial charge on any atom is 0.416 e. The summed E-state index contributed by atoms with van der Waals surface area (Å²) in [6.07, 6.45) is -0.0701. The molecule has 4 aromatic rings. The molecule has 2 aliphatic rings. The minimum absolute atomic E-state index is 0.0300. The molecule has 2 fully saturated rings. The van der Waals surface area contributed by atoms with Gasteiger partial charge in [0.2, 0.25) is 5.91 Å². The van der Waals surface area contributed by atoms with Crippen LogP contribution in [0.15, 0.2) is 78.0 Å². The van der Waals surface area contributed by atoms with Crippen molar-refractivity contribution in [2.75, 3.05) is 26.2 Å². The molecule has 0 radical (unpaired) electrons.